The van der Waals surface area contributed by atoms with Gasteiger partial charge in [-0.15, -0.1) is 12.4 Å². The van der Waals surface area contributed by atoms with Crippen molar-refractivity contribution in [3.05, 3.63) is 64.7 Å². The first-order valence-electron chi connectivity index (χ1n) is 10.7. The minimum Gasteiger partial charge on any atom is -0.370 e. The zero-order valence-corrected chi connectivity index (χ0v) is 21.1. The average molecular weight is 474 g/mol. The van der Waals surface area contributed by atoms with Gasteiger partial charge in [-0.2, -0.15) is 0 Å². The van der Waals surface area contributed by atoms with Crippen molar-refractivity contribution in [3.63, 3.8) is 0 Å². The number of guanidine groups is 1. The van der Waals surface area contributed by atoms with E-state index >= 15 is 0 Å². The maximum atomic E-state index is 13.2. The van der Waals surface area contributed by atoms with Crippen LogP contribution in [0.1, 0.15) is 73.4 Å². The molecule has 0 unspecified atom stereocenters. The summed E-state index contributed by atoms with van der Waals surface area (Å²) in [6, 6.07) is 12.9. The number of benzene rings is 2. The molecule has 7 nitrogen and oxygen atoms in total. The van der Waals surface area contributed by atoms with Crippen molar-refractivity contribution in [3.8, 4) is 0 Å². The van der Waals surface area contributed by atoms with Gasteiger partial charge in [0.25, 0.3) is 11.8 Å². The second-order valence-electron chi connectivity index (χ2n) is 9.86. The number of nitrogens with two attached hydrogens (primary N) is 2. The Balaban J connectivity index is 0.00000544. The molecule has 2 rings (SSSR count). The van der Waals surface area contributed by atoms with E-state index in [-0.39, 0.29) is 54.1 Å². The molecule has 0 aromatic heterocycles. The van der Waals surface area contributed by atoms with Crippen LogP contribution < -0.4 is 22.1 Å². The van der Waals surface area contributed by atoms with E-state index in [0.29, 0.717) is 16.8 Å². The Kier molecular flexibility index (Phi) is 9.48. The number of hydrogen-bond acceptors (Lipinski definition) is 3. The molecule has 180 valence electrons. The van der Waals surface area contributed by atoms with E-state index in [1.54, 1.807) is 24.3 Å². The molecule has 0 heterocycles. The molecule has 0 spiro atoms. The van der Waals surface area contributed by atoms with Gasteiger partial charge in [0.15, 0.2) is 5.96 Å². The quantitative estimate of drug-likeness (QED) is 0.288. The molecule has 0 atom stereocenters. The van der Waals surface area contributed by atoms with E-state index in [1.807, 2.05) is 12.1 Å². The number of nitrogens with one attached hydrogen (secondary N) is 2. The fourth-order valence-corrected chi connectivity index (χ4v) is 3.06. The molecule has 2 aromatic carbocycles. The summed E-state index contributed by atoms with van der Waals surface area (Å²) in [4.78, 5) is 29.7. The summed E-state index contributed by atoms with van der Waals surface area (Å²) < 4.78 is 0. The van der Waals surface area contributed by atoms with Crippen molar-refractivity contribution in [2.75, 3.05) is 18.4 Å². The van der Waals surface area contributed by atoms with Crippen molar-refractivity contribution >= 4 is 35.9 Å². The highest BCUT2D eigenvalue weighted by molar-refractivity contribution is 6.09. The van der Waals surface area contributed by atoms with Gasteiger partial charge < -0.3 is 22.1 Å². The van der Waals surface area contributed by atoms with E-state index in [4.69, 9.17) is 11.5 Å². The maximum absolute atomic E-state index is 13.2. The monoisotopic (exact) mass is 473 g/mol. The van der Waals surface area contributed by atoms with E-state index in [9.17, 15) is 9.59 Å². The van der Waals surface area contributed by atoms with Crippen LogP contribution in [0.25, 0.3) is 0 Å². The number of carbonyl (C=O) groups excluding carboxylic acids is 2. The minimum atomic E-state index is -0.314. The Morgan fingerprint density at radius 2 is 1.42 bits per heavy atom. The average Bonchev–Trinajstić information content (AvgIpc) is 2.69. The van der Waals surface area contributed by atoms with Crippen molar-refractivity contribution in [2.24, 2.45) is 16.5 Å². The first-order valence-corrected chi connectivity index (χ1v) is 10.7. The molecule has 0 aliphatic heterocycles. The van der Waals surface area contributed by atoms with Gasteiger partial charge in [0.05, 0.1) is 17.8 Å². The number of anilines is 1. The first kappa shape index (κ1) is 28.0. The van der Waals surface area contributed by atoms with Gasteiger partial charge in [0, 0.05) is 12.1 Å². The second kappa shape index (κ2) is 11.2. The third-order valence-electron chi connectivity index (χ3n) is 5.04. The van der Waals surface area contributed by atoms with Gasteiger partial charge >= 0.3 is 0 Å². The standard InChI is InChI=1S/C25H35N5O2.ClH/c1-24(2,3)17-13-16(14-18(15-17)25(4,5)6)21(31)30-20-10-8-7-9-19(20)22(32)28-11-12-29-23(26)27;/h7-10,13-15H,11-12H2,1-6H3,(H,28,32)(H,30,31)(H4,26,27,29);1H. The Hall–Kier alpha value is -3.06. The SMILES string of the molecule is CC(C)(C)c1cc(C(=O)Nc2ccccc2C(=O)NCCN=C(N)N)cc(C(C)(C)C)c1.Cl. The zero-order valence-electron chi connectivity index (χ0n) is 20.3. The van der Waals surface area contributed by atoms with E-state index in [0.717, 1.165) is 11.1 Å². The Labute approximate surface area is 202 Å². The number of para-hydroxylation sites is 1. The third kappa shape index (κ3) is 8.09. The van der Waals surface area contributed by atoms with E-state index in [2.05, 4.69) is 63.2 Å². The minimum absolute atomic E-state index is 0. The van der Waals surface area contributed by atoms with Crippen LogP contribution in [-0.2, 0) is 10.8 Å². The molecule has 33 heavy (non-hydrogen) atoms. The Morgan fingerprint density at radius 1 is 0.879 bits per heavy atom. The molecule has 0 saturated heterocycles. The van der Waals surface area contributed by atoms with Crippen LogP contribution in [0.3, 0.4) is 0 Å². The molecule has 0 fully saturated rings. The molecular weight excluding hydrogens is 438 g/mol. The largest absolute Gasteiger partial charge is 0.370 e. The van der Waals surface area contributed by atoms with E-state index in [1.165, 1.54) is 0 Å². The van der Waals surface area contributed by atoms with Crippen molar-refractivity contribution in [2.45, 2.75) is 52.4 Å². The summed E-state index contributed by atoms with van der Waals surface area (Å²) in [6.07, 6.45) is 0. The molecule has 0 saturated carbocycles. The molecular formula is C25H36ClN5O2. The third-order valence-corrected chi connectivity index (χ3v) is 5.04. The number of amides is 2. The van der Waals surface area contributed by atoms with Crippen LogP contribution in [0, 0.1) is 0 Å². The number of halogens is 1. The number of carbonyl (C=O) groups is 2. The lowest BCUT2D eigenvalue weighted by molar-refractivity contribution is 0.0955. The summed E-state index contributed by atoms with van der Waals surface area (Å²) in [6.45, 7) is 13.3. The number of rotatable bonds is 6. The van der Waals surface area contributed by atoms with Crippen molar-refractivity contribution in [1.29, 1.82) is 0 Å². The smallest absolute Gasteiger partial charge is 0.255 e. The number of nitrogens with zero attached hydrogens (tertiary/aromatic N) is 1. The van der Waals surface area contributed by atoms with Gasteiger partial charge in [-0.3, -0.25) is 14.6 Å². The van der Waals surface area contributed by atoms with Gasteiger partial charge in [0.1, 0.15) is 0 Å². The van der Waals surface area contributed by atoms with Crippen LogP contribution in [-0.4, -0.2) is 30.9 Å². The highest BCUT2D eigenvalue weighted by atomic mass is 35.5. The molecule has 0 aliphatic rings. The lowest BCUT2D eigenvalue weighted by atomic mass is 9.79. The molecule has 0 radical (unpaired) electrons. The molecule has 0 bridgehead atoms. The molecule has 8 heteroatoms. The van der Waals surface area contributed by atoms with Crippen LogP contribution >= 0.6 is 12.4 Å². The highest BCUT2D eigenvalue weighted by Crippen LogP contribution is 2.30. The van der Waals surface area contributed by atoms with E-state index < -0.39 is 0 Å². The fraction of sp³-hybridized carbons (Fsp3) is 0.400. The highest BCUT2D eigenvalue weighted by Gasteiger charge is 2.23. The second-order valence-corrected chi connectivity index (χ2v) is 9.86. The fourth-order valence-electron chi connectivity index (χ4n) is 3.06. The van der Waals surface area contributed by atoms with Gasteiger partial charge in [0.2, 0.25) is 0 Å². The lowest BCUT2D eigenvalue weighted by Gasteiger charge is -2.26. The predicted molar refractivity (Wildman–Crippen MR) is 138 cm³/mol. The summed E-state index contributed by atoms with van der Waals surface area (Å²) in [5, 5.41) is 5.66. The molecule has 2 aromatic rings. The summed E-state index contributed by atoms with van der Waals surface area (Å²) in [7, 11) is 0. The van der Waals surface area contributed by atoms with Crippen LogP contribution in [0.2, 0.25) is 0 Å². The zero-order chi connectivity index (χ0) is 24.1. The molecule has 2 amide bonds. The lowest BCUT2D eigenvalue weighted by Crippen LogP contribution is -2.29. The number of aliphatic imine (C=N–C) groups is 1. The normalized spacial score (nSPS) is 11.2. The van der Waals surface area contributed by atoms with Gasteiger partial charge in [-0.25, -0.2) is 0 Å². The van der Waals surface area contributed by atoms with Crippen molar-refractivity contribution in [1.82, 2.24) is 5.32 Å². The Morgan fingerprint density at radius 3 is 1.94 bits per heavy atom. The van der Waals surface area contributed by atoms with Crippen LogP contribution in [0.4, 0.5) is 5.69 Å². The van der Waals surface area contributed by atoms with Gasteiger partial charge in [-0.05, 0) is 46.2 Å². The molecule has 6 N–H and O–H groups in total. The summed E-state index contributed by atoms with van der Waals surface area (Å²) in [5.41, 5.74) is 13.9. The van der Waals surface area contributed by atoms with Crippen LogP contribution in [0.15, 0.2) is 47.5 Å². The van der Waals surface area contributed by atoms with Crippen LogP contribution in [0.5, 0.6) is 0 Å². The summed E-state index contributed by atoms with van der Waals surface area (Å²) in [5.74, 6) is -0.605. The maximum Gasteiger partial charge on any atom is 0.255 e. The topological polar surface area (TPSA) is 123 Å². The number of hydrogen-bond donors (Lipinski definition) is 4. The predicted octanol–water partition coefficient (Wildman–Crippen LogP) is 3.96. The Bertz CT molecular complexity index is 984. The first-order chi connectivity index (χ1) is 14.8. The van der Waals surface area contributed by atoms with Crippen molar-refractivity contribution < 1.29 is 9.59 Å². The summed E-state index contributed by atoms with van der Waals surface area (Å²) >= 11 is 0. The van der Waals surface area contributed by atoms with Gasteiger partial charge in [-0.1, -0.05) is 59.7 Å². The molecule has 0 aliphatic carbocycles.